The van der Waals surface area contributed by atoms with Crippen LogP contribution in [0.3, 0.4) is 0 Å². The van der Waals surface area contributed by atoms with Crippen molar-refractivity contribution in [1.29, 1.82) is 0 Å². The van der Waals surface area contributed by atoms with Crippen LogP contribution in [-0.2, 0) is 13.6 Å². The van der Waals surface area contributed by atoms with Crippen molar-refractivity contribution in [2.45, 2.75) is 19.5 Å². The minimum Gasteiger partial charge on any atom is -0.399 e. The molecule has 2 N–H and O–H groups in total. The summed E-state index contributed by atoms with van der Waals surface area (Å²) in [7, 11) is 4.11. The van der Waals surface area contributed by atoms with Crippen molar-refractivity contribution < 1.29 is 0 Å². The number of anilines is 1. The highest BCUT2D eigenvalue weighted by molar-refractivity contribution is 5.41. The average Bonchev–Trinajstić information content (AvgIpc) is 2.74. The maximum Gasteiger partial charge on any atom is 0.122 e. The summed E-state index contributed by atoms with van der Waals surface area (Å²) in [4.78, 5) is 6.61. The Kier molecular flexibility index (Phi) is 3.67. The largest absolute Gasteiger partial charge is 0.399 e. The van der Waals surface area contributed by atoms with Crippen LogP contribution in [0.15, 0.2) is 36.7 Å². The predicted octanol–water partition coefficient (Wildman–Crippen LogP) is 2.20. The van der Waals surface area contributed by atoms with E-state index in [9.17, 15) is 0 Å². The first kappa shape index (κ1) is 12.6. The Hall–Kier alpha value is -1.81. The molecule has 2 aromatic rings. The molecule has 0 aliphatic carbocycles. The van der Waals surface area contributed by atoms with Crippen molar-refractivity contribution in [1.82, 2.24) is 14.5 Å². The van der Waals surface area contributed by atoms with Gasteiger partial charge in [-0.1, -0.05) is 12.1 Å². The normalized spacial score (nSPS) is 12.9. The summed E-state index contributed by atoms with van der Waals surface area (Å²) in [5, 5.41) is 0. The van der Waals surface area contributed by atoms with Crippen LogP contribution in [-0.4, -0.2) is 21.5 Å². The molecule has 1 aromatic carbocycles. The first-order valence-corrected chi connectivity index (χ1v) is 6.10. The molecule has 1 unspecified atom stereocenters. The van der Waals surface area contributed by atoms with Crippen molar-refractivity contribution in [2.24, 2.45) is 7.05 Å². The summed E-state index contributed by atoms with van der Waals surface area (Å²) in [5.41, 5.74) is 7.86. The van der Waals surface area contributed by atoms with Gasteiger partial charge in [0, 0.05) is 31.2 Å². The zero-order valence-electron chi connectivity index (χ0n) is 11.2. The van der Waals surface area contributed by atoms with Gasteiger partial charge in [0.1, 0.15) is 5.82 Å². The Balaban J connectivity index is 2.09. The molecule has 2 rings (SSSR count). The van der Waals surface area contributed by atoms with Gasteiger partial charge in [-0.2, -0.15) is 0 Å². The van der Waals surface area contributed by atoms with E-state index in [0.717, 1.165) is 18.1 Å². The van der Waals surface area contributed by atoms with Crippen LogP contribution >= 0.6 is 0 Å². The third-order valence-corrected chi connectivity index (χ3v) is 3.37. The van der Waals surface area contributed by atoms with E-state index >= 15 is 0 Å². The van der Waals surface area contributed by atoms with Crippen LogP contribution < -0.4 is 5.73 Å². The van der Waals surface area contributed by atoms with E-state index in [1.54, 1.807) is 0 Å². The number of imidazole rings is 1. The molecule has 0 saturated heterocycles. The monoisotopic (exact) mass is 244 g/mol. The third kappa shape index (κ3) is 2.71. The number of aromatic nitrogens is 2. The average molecular weight is 244 g/mol. The Bertz CT molecular complexity index is 518. The minimum atomic E-state index is 0.310. The second kappa shape index (κ2) is 5.23. The lowest BCUT2D eigenvalue weighted by Crippen LogP contribution is -2.23. The number of hydrogen-bond acceptors (Lipinski definition) is 3. The fourth-order valence-electron chi connectivity index (χ4n) is 1.98. The van der Waals surface area contributed by atoms with Gasteiger partial charge in [0.15, 0.2) is 0 Å². The zero-order chi connectivity index (χ0) is 13.1. The molecular formula is C14H20N4. The molecule has 18 heavy (non-hydrogen) atoms. The number of nitrogens with zero attached hydrogens (tertiary/aromatic N) is 3. The molecule has 1 aromatic heterocycles. The first-order valence-electron chi connectivity index (χ1n) is 6.10. The first-order chi connectivity index (χ1) is 8.58. The van der Waals surface area contributed by atoms with Gasteiger partial charge < -0.3 is 10.3 Å². The van der Waals surface area contributed by atoms with Crippen LogP contribution in [0.2, 0.25) is 0 Å². The topological polar surface area (TPSA) is 47.1 Å². The van der Waals surface area contributed by atoms with Crippen molar-refractivity contribution in [2.75, 3.05) is 12.8 Å². The van der Waals surface area contributed by atoms with E-state index in [-0.39, 0.29) is 0 Å². The van der Waals surface area contributed by atoms with Gasteiger partial charge in [-0.15, -0.1) is 0 Å². The molecule has 4 heteroatoms. The van der Waals surface area contributed by atoms with Crippen LogP contribution in [0.4, 0.5) is 5.69 Å². The van der Waals surface area contributed by atoms with Crippen molar-refractivity contribution in [3.63, 3.8) is 0 Å². The highest BCUT2D eigenvalue weighted by atomic mass is 15.2. The molecule has 0 aliphatic heterocycles. The molecule has 0 fully saturated rings. The highest BCUT2D eigenvalue weighted by Gasteiger charge is 2.13. The standard InChI is InChI=1S/C14H20N4/c1-11(12-5-4-6-13(15)9-12)18(3)10-14-16-7-8-17(14)2/h4-9,11H,10,15H2,1-3H3. The number of nitrogens with two attached hydrogens (primary N) is 1. The van der Waals surface area contributed by atoms with Gasteiger partial charge in [-0.3, -0.25) is 4.90 Å². The Morgan fingerprint density at radius 1 is 1.44 bits per heavy atom. The second-order valence-corrected chi connectivity index (χ2v) is 4.72. The molecule has 0 radical (unpaired) electrons. The Morgan fingerprint density at radius 2 is 2.22 bits per heavy atom. The number of benzene rings is 1. The molecule has 4 nitrogen and oxygen atoms in total. The van der Waals surface area contributed by atoms with Gasteiger partial charge in [0.2, 0.25) is 0 Å². The summed E-state index contributed by atoms with van der Waals surface area (Å²) in [5.74, 6) is 1.06. The zero-order valence-corrected chi connectivity index (χ0v) is 11.2. The summed E-state index contributed by atoms with van der Waals surface area (Å²) in [6, 6.07) is 8.35. The molecule has 0 bridgehead atoms. The van der Waals surface area contributed by atoms with Gasteiger partial charge in [0.05, 0.1) is 6.54 Å². The highest BCUT2D eigenvalue weighted by Crippen LogP contribution is 2.21. The maximum atomic E-state index is 5.82. The number of hydrogen-bond donors (Lipinski definition) is 1. The minimum absolute atomic E-state index is 0.310. The SMILES string of the molecule is CC(c1cccc(N)c1)N(C)Cc1nccn1C. The van der Waals surface area contributed by atoms with E-state index in [1.165, 1.54) is 5.56 Å². The van der Waals surface area contributed by atoms with Crippen molar-refractivity contribution >= 4 is 5.69 Å². The van der Waals surface area contributed by atoms with E-state index in [2.05, 4.69) is 29.9 Å². The van der Waals surface area contributed by atoms with Gasteiger partial charge in [-0.05, 0) is 31.7 Å². The molecule has 0 spiro atoms. The van der Waals surface area contributed by atoms with Gasteiger partial charge in [0.25, 0.3) is 0 Å². The smallest absolute Gasteiger partial charge is 0.122 e. The molecule has 96 valence electrons. The van der Waals surface area contributed by atoms with E-state index in [0.29, 0.717) is 6.04 Å². The summed E-state index contributed by atoms with van der Waals surface area (Å²) < 4.78 is 2.04. The second-order valence-electron chi connectivity index (χ2n) is 4.72. The summed E-state index contributed by atoms with van der Waals surface area (Å²) in [6.45, 7) is 3.00. The van der Waals surface area contributed by atoms with Crippen LogP contribution in [0.1, 0.15) is 24.4 Å². The molecule has 1 atom stereocenters. The van der Waals surface area contributed by atoms with Gasteiger partial charge >= 0.3 is 0 Å². The summed E-state index contributed by atoms with van der Waals surface area (Å²) in [6.07, 6.45) is 3.79. The van der Waals surface area contributed by atoms with Crippen LogP contribution in [0, 0.1) is 0 Å². The fourth-order valence-corrected chi connectivity index (χ4v) is 1.98. The number of aryl methyl sites for hydroxylation is 1. The quantitative estimate of drug-likeness (QED) is 0.839. The van der Waals surface area contributed by atoms with E-state index < -0.39 is 0 Å². The number of rotatable bonds is 4. The van der Waals surface area contributed by atoms with E-state index in [4.69, 9.17) is 5.73 Å². The maximum absolute atomic E-state index is 5.82. The molecule has 0 aliphatic rings. The van der Waals surface area contributed by atoms with Crippen molar-refractivity contribution in [3.05, 3.63) is 48.0 Å². The lowest BCUT2D eigenvalue weighted by molar-refractivity contribution is 0.244. The third-order valence-electron chi connectivity index (χ3n) is 3.37. The van der Waals surface area contributed by atoms with Crippen LogP contribution in [0.25, 0.3) is 0 Å². The molecule has 0 amide bonds. The fraction of sp³-hybridized carbons (Fsp3) is 0.357. The van der Waals surface area contributed by atoms with Gasteiger partial charge in [-0.25, -0.2) is 4.98 Å². The lowest BCUT2D eigenvalue weighted by Gasteiger charge is -2.25. The molecular weight excluding hydrogens is 224 g/mol. The molecule has 1 heterocycles. The number of nitrogen functional groups attached to an aromatic ring is 1. The molecule has 0 saturated carbocycles. The van der Waals surface area contributed by atoms with E-state index in [1.807, 2.05) is 42.2 Å². The van der Waals surface area contributed by atoms with Crippen LogP contribution in [0.5, 0.6) is 0 Å². The Morgan fingerprint density at radius 3 is 2.83 bits per heavy atom. The summed E-state index contributed by atoms with van der Waals surface area (Å²) >= 11 is 0. The lowest BCUT2D eigenvalue weighted by atomic mass is 10.1. The Labute approximate surface area is 108 Å². The van der Waals surface area contributed by atoms with Crippen molar-refractivity contribution in [3.8, 4) is 0 Å². The predicted molar refractivity (Wildman–Crippen MR) is 73.9 cm³/mol.